The highest BCUT2D eigenvalue weighted by Gasteiger charge is 2.19. The average molecular weight is 323 g/mol. The van der Waals surface area contributed by atoms with Gasteiger partial charge in [0.1, 0.15) is 5.02 Å². The average Bonchev–Trinajstić information content (AvgIpc) is 2.48. The van der Waals surface area contributed by atoms with Crippen LogP contribution in [0.2, 0.25) is 5.02 Å². The molecule has 0 amide bonds. The van der Waals surface area contributed by atoms with Crippen LogP contribution in [0.15, 0.2) is 29.3 Å². The Morgan fingerprint density at radius 1 is 1.32 bits per heavy atom. The van der Waals surface area contributed by atoms with E-state index in [-0.39, 0.29) is 10.6 Å². The van der Waals surface area contributed by atoms with Crippen molar-refractivity contribution in [3.63, 3.8) is 0 Å². The summed E-state index contributed by atoms with van der Waals surface area (Å²) in [6.45, 7) is 6.17. The molecular weight excluding hydrogens is 304 g/mol. The minimum absolute atomic E-state index is 0.131. The van der Waals surface area contributed by atoms with Gasteiger partial charge in [0, 0.05) is 18.8 Å². The van der Waals surface area contributed by atoms with Crippen molar-refractivity contribution in [2.24, 2.45) is 0 Å². The second-order valence-corrected chi connectivity index (χ2v) is 6.20. The fourth-order valence-corrected chi connectivity index (χ4v) is 2.06. The highest BCUT2D eigenvalue weighted by Crippen LogP contribution is 2.19. The topological polar surface area (TPSA) is 69.0 Å². The van der Waals surface area contributed by atoms with Crippen molar-refractivity contribution in [3.8, 4) is 5.88 Å². The molecule has 2 aromatic heterocycles. The van der Waals surface area contributed by atoms with E-state index in [2.05, 4.69) is 15.4 Å². The number of nitrogens with one attached hydrogen (secondary N) is 1. The van der Waals surface area contributed by atoms with Gasteiger partial charge in [-0.25, -0.2) is 9.67 Å². The van der Waals surface area contributed by atoms with Gasteiger partial charge < -0.3 is 10.1 Å². The molecule has 0 atom stereocenters. The van der Waals surface area contributed by atoms with E-state index in [1.165, 1.54) is 4.68 Å². The molecule has 0 aliphatic carbocycles. The Morgan fingerprint density at radius 3 is 2.59 bits per heavy atom. The summed E-state index contributed by atoms with van der Waals surface area (Å²) in [6, 6.07) is 3.66. The third-order valence-electron chi connectivity index (χ3n) is 3.04. The van der Waals surface area contributed by atoms with Crippen LogP contribution >= 0.6 is 11.6 Å². The molecule has 0 aromatic carbocycles. The number of nitrogens with zero attached hydrogens (tertiary/aromatic N) is 3. The number of ether oxygens (including phenoxy) is 1. The highest BCUT2D eigenvalue weighted by atomic mass is 35.5. The van der Waals surface area contributed by atoms with Gasteiger partial charge in [0.25, 0.3) is 5.56 Å². The molecule has 1 N–H and O–H groups in total. The molecule has 0 aliphatic rings. The third kappa shape index (κ3) is 3.57. The third-order valence-corrected chi connectivity index (χ3v) is 3.41. The summed E-state index contributed by atoms with van der Waals surface area (Å²) < 4.78 is 6.38. The van der Waals surface area contributed by atoms with Crippen molar-refractivity contribution in [1.82, 2.24) is 14.8 Å². The van der Waals surface area contributed by atoms with Gasteiger partial charge in [-0.05, 0) is 26.3 Å². The molecule has 0 saturated heterocycles. The summed E-state index contributed by atoms with van der Waals surface area (Å²) in [5.74, 6) is 0.552. The van der Waals surface area contributed by atoms with E-state index in [1.807, 2.05) is 26.8 Å². The maximum atomic E-state index is 12.2. The van der Waals surface area contributed by atoms with E-state index in [4.69, 9.17) is 16.3 Å². The van der Waals surface area contributed by atoms with E-state index in [0.29, 0.717) is 18.1 Å². The molecule has 2 heterocycles. The van der Waals surface area contributed by atoms with Gasteiger partial charge in [0.15, 0.2) is 0 Å². The summed E-state index contributed by atoms with van der Waals surface area (Å²) in [7, 11) is 1.57. The molecule has 2 rings (SSSR count). The predicted octanol–water partition coefficient (Wildman–Crippen LogP) is 2.67. The number of hydrogen-bond donors (Lipinski definition) is 1. The lowest BCUT2D eigenvalue weighted by Gasteiger charge is -2.21. The Morgan fingerprint density at radius 2 is 2.05 bits per heavy atom. The first-order valence-electron chi connectivity index (χ1n) is 6.84. The number of halogens is 1. The molecule has 0 bridgehead atoms. The zero-order valence-electron chi connectivity index (χ0n) is 13.1. The van der Waals surface area contributed by atoms with Crippen molar-refractivity contribution in [1.29, 1.82) is 0 Å². The zero-order valence-corrected chi connectivity index (χ0v) is 13.8. The fourth-order valence-electron chi connectivity index (χ4n) is 1.87. The van der Waals surface area contributed by atoms with Crippen LogP contribution in [0.5, 0.6) is 5.88 Å². The van der Waals surface area contributed by atoms with Crippen LogP contribution in [-0.2, 0) is 12.1 Å². The quantitative estimate of drug-likeness (QED) is 0.937. The van der Waals surface area contributed by atoms with Gasteiger partial charge in [-0.15, -0.1) is 0 Å². The molecule has 0 aliphatic heterocycles. The van der Waals surface area contributed by atoms with E-state index >= 15 is 0 Å². The van der Waals surface area contributed by atoms with Crippen LogP contribution in [0.25, 0.3) is 0 Å². The Hall–Kier alpha value is -2.08. The molecule has 7 heteroatoms. The first-order valence-corrected chi connectivity index (χ1v) is 7.22. The second-order valence-electron chi connectivity index (χ2n) is 5.82. The summed E-state index contributed by atoms with van der Waals surface area (Å²) in [4.78, 5) is 16.3. The van der Waals surface area contributed by atoms with Gasteiger partial charge in [-0.1, -0.05) is 17.7 Å². The smallest absolute Gasteiger partial charge is 0.288 e. The van der Waals surface area contributed by atoms with Crippen LogP contribution < -0.4 is 15.6 Å². The maximum absolute atomic E-state index is 12.2. The molecule has 2 aromatic rings. The number of methoxy groups -OCH3 is 1. The first kappa shape index (κ1) is 16.3. The van der Waals surface area contributed by atoms with E-state index in [1.54, 1.807) is 25.6 Å². The van der Waals surface area contributed by atoms with Gasteiger partial charge in [0.05, 0.1) is 24.5 Å². The Labute approximate surface area is 134 Å². The maximum Gasteiger partial charge on any atom is 0.288 e. The lowest BCUT2D eigenvalue weighted by Crippen LogP contribution is -2.36. The summed E-state index contributed by atoms with van der Waals surface area (Å²) >= 11 is 6.15. The van der Waals surface area contributed by atoms with Crippen LogP contribution in [0.3, 0.4) is 0 Å². The minimum Gasteiger partial charge on any atom is -0.481 e. The summed E-state index contributed by atoms with van der Waals surface area (Å²) in [5.41, 5.74) is 0.714. The summed E-state index contributed by atoms with van der Waals surface area (Å²) in [6.07, 6.45) is 3.26. The Kier molecular flexibility index (Phi) is 4.71. The molecule has 0 fully saturated rings. The van der Waals surface area contributed by atoms with E-state index in [9.17, 15) is 4.79 Å². The SMILES string of the molecule is COc1ccc(CNc2cnn(C(C)(C)C)c(=O)c2Cl)cn1. The lowest BCUT2D eigenvalue weighted by atomic mass is 10.1. The molecular formula is C15H19ClN4O2. The fraction of sp³-hybridized carbons (Fsp3) is 0.400. The van der Waals surface area contributed by atoms with Crippen molar-refractivity contribution >= 4 is 17.3 Å². The number of anilines is 1. The van der Waals surface area contributed by atoms with Crippen molar-refractivity contribution in [2.75, 3.05) is 12.4 Å². The Bertz CT molecular complexity index is 705. The van der Waals surface area contributed by atoms with Gasteiger partial charge in [-0.3, -0.25) is 4.79 Å². The number of aromatic nitrogens is 3. The Balaban J connectivity index is 2.16. The molecule has 118 valence electrons. The van der Waals surface area contributed by atoms with Crippen LogP contribution in [-0.4, -0.2) is 21.9 Å². The molecule has 0 spiro atoms. The van der Waals surface area contributed by atoms with Crippen molar-refractivity contribution < 1.29 is 4.74 Å². The van der Waals surface area contributed by atoms with Crippen LogP contribution in [0, 0.1) is 0 Å². The van der Waals surface area contributed by atoms with Crippen LogP contribution in [0.4, 0.5) is 5.69 Å². The number of pyridine rings is 1. The molecule has 6 nitrogen and oxygen atoms in total. The molecule has 0 unspecified atom stereocenters. The largest absolute Gasteiger partial charge is 0.481 e. The van der Waals surface area contributed by atoms with Crippen LogP contribution in [0.1, 0.15) is 26.3 Å². The standard InChI is InChI=1S/C15H19ClN4O2/c1-15(2,3)20-14(21)13(16)11(9-19-20)17-7-10-5-6-12(22-4)18-8-10/h5-6,8-9,17H,7H2,1-4H3. The molecule has 0 saturated carbocycles. The second kappa shape index (κ2) is 6.36. The summed E-state index contributed by atoms with van der Waals surface area (Å²) in [5, 5.41) is 7.40. The minimum atomic E-state index is -0.418. The zero-order chi connectivity index (χ0) is 16.3. The number of rotatable bonds is 4. The van der Waals surface area contributed by atoms with Gasteiger partial charge in [-0.2, -0.15) is 5.10 Å². The van der Waals surface area contributed by atoms with E-state index < -0.39 is 5.54 Å². The normalized spacial score (nSPS) is 11.3. The monoisotopic (exact) mass is 322 g/mol. The van der Waals surface area contributed by atoms with Crippen molar-refractivity contribution in [2.45, 2.75) is 32.9 Å². The molecule has 0 radical (unpaired) electrons. The van der Waals surface area contributed by atoms with E-state index in [0.717, 1.165) is 5.56 Å². The van der Waals surface area contributed by atoms with Gasteiger partial charge in [0.2, 0.25) is 5.88 Å². The highest BCUT2D eigenvalue weighted by molar-refractivity contribution is 6.32. The first-order chi connectivity index (χ1) is 10.3. The number of hydrogen-bond acceptors (Lipinski definition) is 5. The van der Waals surface area contributed by atoms with Crippen molar-refractivity contribution in [3.05, 3.63) is 45.5 Å². The van der Waals surface area contributed by atoms with Gasteiger partial charge >= 0.3 is 0 Å². The molecule has 22 heavy (non-hydrogen) atoms. The lowest BCUT2D eigenvalue weighted by molar-refractivity contribution is 0.338. The predicted molar refractivity (Wildman–Crippen MR) is 86.6 cm³/mol.